The summed E-state index contributed by atoms with van der Waals surface area (Å²) in [4.78, 5) is 15.0. The van der Waals surface area contributed by atoms with Gasteiger partial charge in [0.2, 0.25) is 5.91 Å². The van der Waals surface area contributed by atoms with Gasteiger partial charge < -0.3 is 15.3 Å². The Kier molecular flexibility index (Phi) is 4.64. The number of carbonyl (C=O) groups is 1. The number of rotatable bonds is 6. The van der Waals surface area contributed by atoms with E-state index in [1.807, 2.05) is 23.1 Å². The lowest BCUT2D eigenvalue weighted by Crippen LogP contribution is -2.28. The van der Waals surface area contributed by atoms with E-state index in [1.165, 1.54) is 4.88 Å². The topological polar surface area (TPSA) is 52.6 Å². The van der Waals surface area contributed by atoms with Gasteiger partial charge >= 0.3 is 0 Å². The van der Waals surface area contributed by atoms with Gasteiger partial charge in [-0.05, 0) is 30.5 Å². The van der Waals surface area contributed by atoms with Gasteiger partial charge in [0, 0.05) is 47.6 Å². The van der Waals surface area contributed by atoms with Crippen molar-refractivity contribution in [3.8, 4) is 5.75 Å². The van der Waals surface area contributed by atoms with Crippen molar-refractivity contribution in [3.63, 3.8) is 0 Å². The number of likely N-dealkylation sites (tertiary alicyclic amines) is 1. The van der Waals surface area contributed by atoms with Crippen LogP contribution in [0.25, 0.3) is 10.1 Å². The first-order chi connectivity index (χ1) is 10.7. The maximum absolute atomic E-state index is 11.8. The number of phenols is 1. The molecule has 2 heterocycles. The SMILES string of the molecule is CCCN1CC(CNCc2cc3c(O)cccc3s2)CC1=O. The summed E-state index contributed by atoms with van der Waals surface area (Å²) >= 11 is 1.70. The molecule has 2 aromatic rings. The molecule has 118 valence electrons. The summed E-state index contributed by atoms with van der Waals surface area (Å²) in [5, 5.41) is 14.2. The minimum absolute atomic E-state index is 0.292. The van der Waals surface area contributed by atoms with Gasteiger partial charge in [0.1, 0.15) is 5.75 Å². The normalized spacial score (nSPS) is 18.5. The Balaban J connectivity index is 1.52. The molecule has 22 heavy (non-hydrogen) atoms. The van der Waals surface area contributed by atoms with E-state index in [4.69, 9.17) is 0 Å². The van der Waals surface area contributed by atoms with E-state index in [1.54, 1.807) is 17.4 Å². The summed E-state index contributed by atoms with van der Waals surface area (Å²) in [7, 11) is 0. The Hall–Kier alpha value is -1.59. The first-order valence-electron chi connectivity index (χ1n) is 7.86. The monoisotopic (exact) mass is 318 g/mol. The number of hydrogen-bond donors (Lipinski definition) is 2. The second kappa shape index (κ2) is 6.67. The molecule has 3 rings (SSSR count). The molecule has 0 spiro atoms. The smallest absolute Gasteiger partial charge is 0.222 e. The number of fused-ring (bicyclic) bond motifs is 1. The number of nitrogens with one attached hydrogen (secondary N) is 1. The zero-order chi connectivity index (χ0) is 15.5. The molecule has 0 radical (unpaired) electrons. The van der Waals surface area contributed by atoms with Crippen molar-refractivity contribution >= 4 is 27.3 Å². The lowest BCUT2D eigenvalue weighted by molar-refractivity contribution is -0.127. The second-order valence-electron chi connectivity index (χ2n) is 5.94. The van der Waals surface area contributed by atoms with Gasteiger partial charge in [-0.2, -0.15) is 0 Å². The van der Waals surface area contributed by atoms with E-state index in [2.05, 4.69) is 12.2 Å². The van der Waals surface area contributed by atoms with Crippen LogP contribution in [0.2, 0.25) is 0 Å². The third-order valence-electron chi connectivity index (χ3n) is 4.11. The maximum atomic E-state index is 11.8. The standard InChI is InChI=1S/C17H22N2O2S/c1-2-6-19-11-12(7-17(19)21)9-18-10-13-8-14-15(20)4-3-5-16(14)22-13/h3-5,8,12,18,20H,2,6-7,9-11H2,1H3. The molecule has 0 bridgehead atoms. The van der Waals surface area contributed by atoms with Crippen molar-refractivity contribution in [2.24, 2.45) is 5.92 Å². The van der Waals surface area contributed by atoms with Crippen molar-refractivity contribution in [1.29, 1.82) is 0 Å². The lowest BCUT2D eigenvalue weighted by Gasteiger charge is -2.15. The second-order valence-corrected chi connectivity index (χ2v) is 7.11. The van der Waals surface area contributed by atoms with Crippen LogP contribution in [-0.2, 0) is 11.3 Å². The molecule has 0 aliphatic carbocycles. The van der Waals surface area contributed by atoms with E-state index in [0.717, 1.165) is 42.7 Å². The van der Waals surface area contributed by atoms with Crippen molar-refractivity contribution in [2.45, 2.75) is 26.3 Å². The van der Waals surface area contributed by atoms with E-state index in [-0.39, 0.29) is 0 Å². The molecule has 4 nitrogen and oxygen atoms in total. The highest BCUT2D eigenvalue weighted by atomic mass is 32.1. The van der Waals surface area contributed by atoms with Crippen molar-refractivity contribution < 1.29 is 9.90 Å². The van der Waals surface area contributed by atoms with Crippen molar-refractivity contribution in [2.75, 3.05) is 19.6 Å². The number of phenolic OH excluding ortho intramolecular Hbond substituents is 1. The van der Waals surface area contributed by atoms with Crippen molar-refractivity contribution in [1.82, 2.24) is 10.2 Å². The molecule has 1 aromatic heterocycles. The van der Waals surface area contributed by atoms with Crippen LogP contribution < -0.4 is 5.32 Å². The first kappa shape index (κ1) is 15.3. The first-order valence-corrected chi connectivity index (χ1v) is 8.68. The third kappa shape index (κ3) is 3.25. The molecule has 1 unspecified atom stereocenters. The summed E-state index contributed by atoms with van der Waals surface area (Å²) < 4.78 is 1.11. The molecule has 1 atom stereocenters. The summed E-state index contributed by atoms with van der Waals surface area (Å²) in [6.07, 6.45) is 1.69. The number of aromatic hydroxyl groups is 1. The number of amides is 1. The predicted octanol–water partition coefficient (Wildman–Crippen LogP) is 2.96. The summed E-state index contributed by atoms with van der Waals surface area (Å²) in [5.41, 5.74) is 0. The van der Waals surface area contributed by atoms with Gasteiger partial charge in [0.25, 0.3) is 0 Å². The van der Waals surface area contributed by atoms with Gasteiger partial charge in [-0.1, -0.05) is 13.0 Å². The van der Waals surface area contributed by atoms with E-state index in [0.29, 0.717) is 24.0 Å². The minimum atomic E-state index is 0.292. The van der Waals surface area contributed by atoms with E-state index in [9.17, 15) is 9.90 Å². The van der Waals surface area contributed by atoms with Gasteiger partial charge in [0.15, 0.2) is 0 Å². The Morgan fingerprint density at radius 1 is 1.45 bits per heavy atom. The maximum Gasteiger partial charge on any atom is 0.222 e. The fourth-order valence-corrected chi connectivity index (χ4v) is 4.12. The van der Waals surface area contributed by atoms with E-state index >= 15 is 0 Å². The molecule has 1 amide bonds. The highest BCUT2D eigenvalue weighted by Gasteiger charge is 2.28. The highest BCUT2D eigenvalue weighted by Crippen LogP contribution is 2.31. The molecule has 1 aliphatic heterocycles. The zero-order valence-electron chi connectivity index (χ0n) is 12.8. The fourth-order valence-electron chi connectivity index (χ4n) is 3.06. The number of nitrogens with zero attached hydrogens (tertiary/aromatic N) is 1. The van der Waals surface area contributed by atoms with Crippen LogP contribution in [0.1, 0.15) is 24.6 Å². The van der Waals surface area contributed by atoms with Crippen LogP contribution in [0, 0.1) is 5.92 Å². The molecular formula is C17H22N2O2S. The average Bonchev–Trinajstić information content (AvgIpc) is 3.05. The largest absolute Gasteiger partial charge is 0.507 e. The highest BCUT2D eigenvalue weighted by molar-refractivity contribution is 7.19. The molecule has 1 fully saturated rings. The Morgan fingerprint density at radius 3 is 3.09 bits per heavy atom. The van der Waals surface area contributed by atoms with Gasteiger partial charge in [0.05, 0.1) is 0 Å². The van der Waals surface area contributed by atoms with Crippen LogP contribution in [0.4, 0.5) is 0 Å². The number of benzene rings is 1. The van der Waals surface area contributed by atoms with Gasteiger partial charge in [-0.25, -0.2) is 0 Å². The minimum Gasteiger partial charge on any atom is -0.507 e. The summed E-state index contributed by atoms with van der Waals surface area (Å²) in [5.74, 6) is 1.05. The lowest BCUT2D eigenvalue weighted by atomic mass is 10.1. The number of hydrogen-bond acceptors (Lipinski definition) is 4. The fraction of sp³-hybridized carbons (Fsp3) is 0.471. The Morgan fingerprint density at radius 2 is 2.32 bits per heavy atom. The Labute approximate surface area is 134 Å². The molecule has 1 aromatic carbocycles. The molecule has 1 aliphatic rings. The van der Waals surface area contributed by atoms with Crippen LogP contribution in [0.5, 0.6) is 5.75 Å². The molecule has 2 N–H and O–H groups in total. The predicted molar refractivity (Wildman–Crippen MR) is 90.2 cm³/mol. The molecule has 1 saturated heterocycles. The third-order valence-corrected chi connectivity index (χ3v) is 5.21. The Bertz CT molecular complexity index is 668. The average molecular weight is 318 g/mol. The van der Waals surface area contributed by atoms with E-state index < -0.39 is 0 Å². The summed E-state index contributed by atoms with van der Waals surface area (Å²) in [6.45, 7) is 5.52. The van der Waals surface area contributed by atoms with Crippen LogP contribution >= 0.6 is 11.3 Å². The number of thiophene rings is 1. The molecule has 5 heteroatoms. The summed E-state index contributed by atoms with van der Waals surface area (Å²) in [6, 6.07) is 7.67. The van der Waals surface area contributed by atoms with Gasteiger partial charge in [-0.3, -0.25) is 4.79 Å². The molecule has 0 saturated carbocycles. The van der Waals surface area contributed by atoms with Crippen molar-refractivity contribution in [3.05, 3.63) is 29.1 Å². The number of carbonyl (C=O) groups excluding carboxylic acids is 1. The molecular weight excluding hydrogens is 296 g/mol. The van der Waals surface area contributed by atoms with Crippen LogP contribution in [0.15, 0.2) is 24.3 Å². The zero-order valence-corrected chi connectivity index (χ0v) is 13.7. The van der Waals surface area contributed by atoms with Gasteiger partial charge in [-0.15, -0.1) is 11.3 Å². The quantitative estimate of drug-likeness (QED) is 0.861. The van der Waals surface area contributed by atoms with Crippen LogP contribution in [0.3, 0.4) is 0 Å². The van der Waals surface area contributed by atoms with Crippen LogP contribution in [-0.4, -0.2) is 35.5 Å².